The standard InChI is InChI=1S/C18H11F2N3O2/c1-2-10-3-5-11(6-4-10)22-17(24)18(25)23-16-9-21-15-8-14(20)13(19)7-12(15)16/h1,3-9,21H,(H,22,24)(H,23,25). The molecular formula is C18H11F2N3O2. The van der Waals surface area contributed by atoms with Crippen LogP contribution in [0.15, 0.2) is 42.6 Å². The lowest BCUT2D eigenvalue weighted by atomic mass is 10.2. The first kappa shape index (κ1) is 16.2. The molecule has 0 saturated heterocycles. The summed E-state index contributed by atoms with van der Waals surface area (Å²) < 4.78 is 26.5. The molecule has 3 N–H and O–H groups in total. The average Bonchev–Trinajstić information content (AvgIpc) is 2.97. The number of H-pyrrole nitrogens is 1. The minimum absolute atomic E-state index is 0.164. The van der Waals surface area contributed by atoms with Gasteiger partial charge in [0.1, 0.15) is 0 Å². The Labute approximate surface area is 141 Å². The molecule has 3 aromatic rings. The Morgan fingerprint density at radius 1 is 1.00 bits per heavy atom. The van der Waals surface area contributed by atoms with Crippen molar-refractivity contribution in [3.63, 3.8) is 0 Å². The number of hydrogen-bond donors (Lipinski definition) is 3. The highest BCUT2D eigenvalue weighted by molar-refractivity contribution is 6.44. The van der Waals surface area contributed by atoms with E-state index < -0.39 is 23.4 Å². The van der Waals surface area contributed by atoms with E-state index in [-0.39, 0.29) is 11.1 Å². The van der Waals surface area contributed by atoms with Gasteiger partial charge in [0.2, 0.25) is 0 Å². The zero-order valence-corrected chi connectivity index (χ0v) is 12.7. The summed E-state index contributed by atoms with van der Waals surface area (Å²) in [5.41, 5.74) is 1.48. The average molecular weight is 339 g/mol. The lowest BCUT2D eigenvalue weighted by Crippen LogP contribution is -2.28. The molecule has 0 saturated carbocycles. The number of amides is 2. The fraction of sp³-hybridized carbons (Fsp3) is 0. The van der Waals surface area contributed by atoms with Crippen molar-refractivity contribution < 1.29 is 18.4 Å². The van der Waals surface area contributed by atoms with Crippen LogP contribution < -0.4 is 10.6 Å². The molecule has 1 heterocycles. The van der Waals surface area contributed by atoms with E-state index in [2.05, 4.69) is 21.5 Å². The summed E-state index contributed by atoms with van der Waals surface area (Å²) in [5, 5.41) is 5.01. The van der Waals surface area contributed by atoms with E-state index in [1.807, 2.05) is 0 Å². The van der Waals surface area contributed by atoms with Crippen molar-refractivity contribution in [2.75, 3.05) is 10.6 Å². The van der Waals surface area contributed by atoms with Crippen LogP contribution in [-0.4, -0.2) is 16.8 Å². The Hall–Kier alpha value is -3.66. The van der Waals surface area contributed by atoms with Gasteiger partial charge in [-0.15, -0.1) is 6.42 Å². The molecule has 0 fully saturated rings. The van der Waals surface area contributed by atoms with E-state index in [0.717, 1.165) is 12.1 Å². The van der Waals surface area contributed by atoms with Crippen molar-refractivity contribution in [3.05, 3.63) is 59.8 Å². The number of anilines is 2. The smallest absolute Gasteiger partial charge is 0.314 e. The third-order valence-corrected chi connectivity index (χ3v) is 3.49. The molecule has 0 radical (unpaired) electrons. The number of aromatic nitrogens is 1. The molecule has 124 valence electrons. The van der Waals surface area contributed by atoms with E-state index >= 15 is 0 Å². The monoisotopic (exact) mass is 339 g/mol. The van der Waals surface area contributed by atoms with Crippen molar-refractivity contribution in [1.29, 1.82) is 0 Å². The normalized spacial score (nSPS) is 10.3. The molecule has 3 rings (SSSR count). The summed E-state index contributed by atoms with van der Waals surface area (Å²) in [6.07, 6.45) is 6.58. The highest BCUT2D eigenvalue weighted by Gasteiger charge is 2.17. The molecule has 2 amide bonds. The molecular weight excluding hydrogens is 328 g/mol. The van der Waals surface area contributed by atoms with Gasteiger partial charge in [-0.2, -0.15) is 0 Å². The zero-order chi connectivity index (χ0) is 18.0. The summed E-state index contributed by atoms with van der Waals surface area (Å²) in [5.74, 6) is -1.50. The molecule has 0 bridgehead atoms. The number of aromatic amines is 1. The second kappa shape index (κ2) is 6.45. The summed E-state index contributed by atoms with van der Waals surface area (Å²) in [6.45, 7) is 0. The Kier molecular flexibility index (Phi) is 4.18. The number of carbonyl (C=O) groups excluding carboxylic acids is 2. The molecule has 0 aliphatic heterocycles. The van der Waals surface area contributed by atoms with Crippen LogP contribution in [0.1, 0.15) is 5.56 Å². The summed E-state index contributed by atoms with van der Waals surface area (Å²) >= 11 is 0. The number of benzene rings is 2. The second-order valence-electron chi connectivity index (χ2n) is 5.14. The van der Waals surface area contributed by atoms with Crippen LogP contribution in [0, 0.1) is 24.0 Å². The third-order valence-electron chi connectivity index (χ3n) is 3.49. The topological polar surface area (TPSA) is 74.0 Å². The second-order valence-corrected chi connectivity index (χ2v) is 5.14. The maximum absolute atomic E-state index is 13.4. The van der Waals surface area contributed by atoms with Crippen LogP contribution in [0.25, 0.3) is 10.9 Å². The first-order valence-corrected chi connectivity index (χ1v) is 7.13. The minimum atomic E-state index is -1.05. The molecule has 25 heavy (non-hydrogen) atoms. The quantitative estimate of drug-likeness (QED) is 0.496. The van der Waals surface area contributed by atoms with E-state index in [4.69, 9.17) is 6.42 Å². The first-order chi connectivity index (χ1) is 12.0. The van der Waals surface area contributed by atoms with E-state index in [0.29, 0.717) is 16.8 Å². The highest BCUT2D eigenvalue weighted by atomic mass is 19.2. The Balaban J connectivity index is 1.74. The number of carbonyl (C=O) groups is 2. The van der Waals surface area contributed by atoms with Crippen molar-refractivity contribution in [2.45, 2.75) is 0 Å². The molecule has 0 unspecified atom stereocenters. The minimum Gasteiger partial charge on any atom is -0.359 e. The number of rotatable bonds is 2. The predicted octanol–water partition coefficient (Wildman–Crippen LogP) is 3.00. The summed E-state index contributed by atoms with van der Waals surface area (Å²) in [6, 6.07) is 8.25. The Bertz CT molecular complexity index is 1020. The van der Waals surface area contributed by atoms with Crippen LogP contribution in [0.5, 0.6) is 0 Å². The molecule has 0 atom stereocenters. The molecule has 2 aromatic carbocycles. The van der Waals surface area contributed by atoms with Crippen LogP contribution in [0.3, 0.4) is 0 Å². The van der Waals surface area contributed by atoms with Crippen LogP contribution in [0.2, 0.25) is 0 Å². The van der Waals surface area contributed by atoms with Gasteiger partial charge < -0.3 is 15.6 Å². The van der Waals surface area contributed by atoms with Crippen molar-refractivity contribution in [3.8, 4) is 12.3 Å². The highest BCUT2D eigenvalue weighted by Crippen LogP contribution is 2.25. The van der Waals surface area contributed by atoms with Gasteiger partial charge in [0, 0.05) is 28.9 Å². The van der Waals surface area contributed by atoms with Crippen LogP contribution >= 0.6 is 0 Å². The third kappa shape index (κ3) is 3.33. The van der Waals surface area contributed by atoms with Crippen LogP contribution in [0.4, 0.5) is 20.2 Å². The molecule has 0 spiro atoms. The van der Waals surface area contributed by atoms with Gasteiger partial charge in [0.05, 0.1) is 11.2 Å². The maximum atomic E-state index is 13.4. The van der Waals surface area contributed by atoms with E-state index in [1.54, 1.807) is 24.3 Å². The van der Waals surface area contributed by atoms with E-state index in [9.17, 15) is 18.4 Å². The lowest BCUT2D eigenvalue weighted by Gasteiger charge is -2.06. The number of halogens is 2. The fourth-order valence-electron chi connectivity index (χ4n) is 2.24. The maximum Gasteiger partial charge on any atom is 0.314 e. The number of terminal acetylenes is 1. The Morgan fingerprint density at radius 2 is 1.64 bits per heavy atom. The molecule has 5 nitrogen and oxygen atoms in total. The number of fused-ring (bicyclic) bond motifs is 1. The predicted molar refractivity (Wildman–Crippen MR) is 89.9 cm³/mol. The zero-order valence-electron chi connectivity index (χ0n) is 12.7. The Morgan fingerprint density at radius 3 is 2.32 bits per heavy atom. The van der Waals surface area contributed by atoms with E-state index in [1.165, 1.54) is 6.20 Å². The van der Waals surface area contributed by atoms with Crippen molar-refractivity contribution >= 4 is 34.1 Å². The van der Waals surface area contributed by atoms with Gasteiger partial charge in [-0.1, -0.05) is 5.92 Å². The summed E-state index contributed by atoms with van der Waals surface area (Å²) in [7, 11) is 0. The van der Waals surface area contributed by atoms with Gasteiger partial charge in [0.15, 0.2) is 11.6 Å². The lowest BCUT2D eigenvalue weighted by molar-refractivity contribution is -0.132. The van der Waals surface area contributed by atoms with Gasteiger partial charge in [0.25, 0.3) is 0 Å². The van der Waals surface area contributed by atoms with Gasteiger partial charge in [-0.05, 0) is 30.3 Å². The van der Waals surface area contributed by atoms with Crippen molar-refractivity contribution in [2.24, 2.45) is 0 Å². The van der Waals surface area contributed by atoms with Gasteiger partial charge >= 0.3 is 11.8 Å². The molecule has 7 heteroatoms. The van der Waals surface area contributed by atoms with Crippen molar-refractivity contribution in [1.82, 2.24) is 4.98 Å². The first-order valence-electron chi connectivity index (χ1n) is 7.13. The fourth-order valence-corrected chi connectivity index (χ4v) is 2.24. The SMILES string of the molecule is C#Cc1ccc(NC(=O)C(=O)Nc2c[nH]c3cc(F)c(F)cc23)cc1. The largest absolute Gasteiger partial charge is 0.359 e. The van der Waals surface area contributed by atoms with Gasteiger partial charge in [-0.25, -0.2) is 8.78 Å². The number of nitrogens with one attached hydrogen (secondary N) is 3. The van der Waals surface area contributed by atoms with Crippen LogP contribution in [-0.2, 0) is 9.59 Å². The summed E-state index contributed by atoms with van der Waals surface area (Å²) in [4.78, 5) is 26.6. The molecule has 0 aliphatic rings. The number of hydrogen-bond acceptors (Lipinski definition) is 2. The molecule has 1 aromatic heterocycles. The molecule has 0 aliphatic carbocycles. The van der Waals surface area contributed by atoms with Gasteiger partial charge in [-0.3, -0.25) is 9.59 Å².